The highest BCUT2D eigenvalue weighted by Gasteiger charge is 2.23. The maximum atomic E-state index is 11.9. The largest absolute Gasteiger partial charge is 0.616 e. The van der Waals surface area contributed by atoms with Crippen LogP contribution in [0.25, 0.3) is 5.65 Å². The summed E-state index contributed by atoms with van der Waals surface area (Å²) in [5.74, 6) is 1.85. The molecule has 0 aliphatic heterocycles. The van der Waals surface area contributed by atoms with E-state index in [9.17, 15) is 9.81 Å². The number of benzene rings is 1. The highest BCUT2D eigenvalue weighted by molar-refractivity contribution is 7.89. The van der Waals surface area contributed by atoms with Crippen molar-refractivity contribution in [1.29, 1.82) is 5.26 Å². The summed E-state index contributed by atoms with van der Waals surface area (Å²) in [5, 5.41) is 20.5. The molecule has 0 amide bonds. The summed E-state index contributed by atoms with van der Waals surface area (Å²) in [6.07, 6.45) is 5.46. The Balaban J connectivity index is 1.68. The van der Waals surface area contributed by atoms with Crippen LogP contribution in [0, 0.1) is 11.3 Å². The van der Waals surface area contributed by atoms with Crippen LogP contribution in [0.1, 0.15) is 24.0 Å². The molecule has 10 heteroatoms. The molecule has 1 unspecified atom stereocenters. The molecule has 1 aromatic carbocycles. The third-order valence-electron chi connectivity index (χ3n) is 5.11. The van der Waals surface area contributed by atoms with Crippen molar-refractivity contribution in [2.75, 3.05) is 41.9 Å². The molecule has 4 N–H and O–H groups in total. The van der Waals surface area contributed by atoms with Crippen LogP contribution in [0.2, 0.25) is 0 Å². The molecule has 162 valence electrons. The molecule has 0 spiro atoms. The number of hydrogen-bond donors (Lipinski definition) is 3. The van der Waals surface area contributed by atoms with E-state index in [1.165, 1.54) is 6.20 Å². The topological polar surface area (TPSA) is 130 Å². The zero-order valence-electron chi connectivity index (χ0n) is 17.6. The van der Waals surface area contributed by atoms with Gasteiger partial charge in [-0.1, -0.05) is 11.2 Å². The van der Waals surface area contributed by atoms with Crippen LogP contribution in [0.15, 0.2) is 30.5 Å². The number of nitriles is 1. The van der Waals surface area contributed by atoms with E-state index in [4.69, 9.17) is 5.73 Å². The molecule has 0 saturated heterocycles. The molecule has 9 nitrogen and oxygen atoms in total. The number of fused-ring (bicyclic) bond motifs is 1. The second kappa shape index (κ2) is 9.01. The number of anilines is 4. The monoisotopic (exact) mass is 438 g/mol. The van der Waals surface area contributed by atoms with Crippen LogP contribution >= 0.6 is 0 Å². The molecule has 0 bridgehead atoms. The molecule has 2 heterocycles. The van der Waals surface area contributed by atoms with Crippen LogP contribution in [0.5, 0.6) is 0 Å². The standard InChI is InChI=1S/C21H26N8OS/c1-28(8-7-22)18-6-5-17(9-14(18)13-31(2)30)25-19-10-20(26-16-3-4-16)29-21(27-19)15(11-23)12-24-29/h5-6,9-10,12,16,26H,3-4,7-8,13,22H2,1-2H3,(H,25,27). The fourth-order valence-corrected chi connectivity index (χ4v) is 4.15. The van der Waals surface area contributed by atoms with Gasteiger partial charge in [-0.25, -0.2) is 4.98 Å². The van der Waals surface area contributed by atoms with Crippen molar-refractivity contribution in [2.24, 2.45) is 5.73 Å². The average Bonchev–Trinajstić information content (AvgIpc) is 3.44. The van der Waals surface area contributed by atoms with Gasteiger partial charge in [0.05, 0.1) is 12.5 Å². The molecule has 31 heavy (non-hydrogen) atoms. The van der Waals surface area contributed by atoms with Crippen molar-refractivity contribution in [2.45, 2.75) is 24.6 Å². The molecule has 1 aliphatic carbocycles. The third-order valence-corrected chi connectivity index (χ3v) is 5.83. The highest BCUT2D eigenvalue weighted by Crippen LogP contribution is 2.30. The Bertz CT molecular complexity index is 1120. The van der Waals surface area contributed by atoms with Crippen molar-refractivity contribution in [1.82, 2.24) is 14.6 Å². The van der Waals surface area contributed by atoms with Gasteiger partial charge in [0.25, 0.3) is 0 Å². The smallest absolute Gasteiger partial charge is 0.177 e. The van der Waals surface area contributed by atoms with Gasteiger partial charge in [0.2, 0.25) is 0 Å². The second-order valence-electron chi connectivity index (χ2n) is 7.75. The van der Waals surface area contributed by atoms with E-state index in [0.29, 0.717) is 41.9 Å². The fraction of sp³-hybridized carbons (Fsp3) is 0.381. The maximum absolute atomic E-state index is 11.9. The summed E-state index contributed by atoms with van der Waals surface area (Å²) >= 11 is -0.982. The first kappa shape index (κ1) is 21.2. The first-order chi connectivity index (χ1) is 15.0. The maximum Gasteiger partial charge on any atom is 0.177 e. The Morgan fingerprint density at radius 2 is 2.19 bits per heavy atom. The van der Waals surface area contributed by atoms with Gasteiger partial charge in [-0.15, -0.1) is 0 Å². The van der Waals surface area contributed by atoms with Crippen LogP contribution in [0.4, 0.5) is 23.0 Å². The molecule has 1 fully saturated rings. The molecule has 1 aliphatic rings. The van der Waals surface area contributed by atoms with E-state index in [2.05, 4.69) is 31.7 Å². The summed E-state index contributed by atoms with van der Waals surface area (Å²) in [5.41, 5.74) is 9.44. The number of nitrogens with zero attached hydrogens (tertiary/aromatic N) is 5. The average molecular weight is 439 g/mol. The predicted molar refractivity (Wildman–Crippen MR) is 124 cm³/mol. The van der Waals surface area contributed by atoms with Gasteiger partial charge >= 0.3 is 0 Å². The minimum absolute atomic E-state index is 0.420. The van der Waals surface area contributed by atoms with Crippen molar-refractivity contribution < 1.29 is 4.55 Å². The Morgan fingerprint density at radius 1 is 1.39 bits per heavy atom. The van der Waals surface area contributed by atoms with Gasteiger partial charge in [-0.3, -0.25) is 0 Å². The van der Waals surface area contributed by atoms with Gasteiger partial charge in [0.15, 0.2) is 5.65 Å². The lowest BCUT2D eigenvalue weighted by Gasteiger charge is -2.23. The van der Waals surface area contributed by atoms with E-state index >= 15 is 0 Å². The Labute approximate surface area is 184 Å². The number of hydrogen-bond acceptors (Lipinski definition) is 8. The minimum Gasteiger partial charge on any atom is -0.616 e. The summed E-state index contributed by atoms with van der Waals surface area (Å²) in [6.45, 7) is 1.25. The van der Waals surface area contributed by atoms with Crippen molar-refractivity contribution >= 4 is 39.8 Å². The minimum atomic E-state index is -0.982. The number of nitrogens with one attached hydrogen (secondary N) is 2. The van der Waals surface area contributed by atoms with E-state index < -0.39 is 11.2 Å². The Kier molecular flexibility index (Phi) is 6.18. The normalized spacial score (nSPS) is 14.3. The van der Waals surface area contributed by atoms with E-state index in [1.807, 2.05) is 31.3 Å². The van der Waals surface area contributed by atoms with Crippen LogP contribution in [-0.4, -0.2) is 51.6 Å². The fourth-order valence-electron chi connectivity index (χ4n) is 3.48. The first-order valence-corrected chi connectivity index (χ1v) is 11.9. The van der Waals surface area contributed by atoms with Gasteiger partial charge < -0.3 is 25.8 Å². The third kappa shape index (κ3) is 4.85. The van der Waals surface area contributed by atoms with Crippen LogP contribution in [-0.2, 0) is 16.9 Å². The highest BCUT2D eigenvalue weighted by atomic mass is 32.2. The van der Waals surface area contributed by atoms with Crippen molar-refractivity contribution in [3.8, 4) is 6.07 Å². The Morgan fingerprint density at radius 3 is 2.87 bits per heavy atom. The number of nitrogens with two attached hydrogens (primary N) is 1. The molecule has 1 atom stereocenters. The lowest BCUT2D eigenvalue weighted by atomic mass is 10.1. The van der Waals surface area contributed by atoms with E-state index in [1.54, 1.807) is 10.8 Å². The zero-order chi connectivity index (χ0) is 22.0. The molecular weight excluding hydrogens is 412 g/mol. The molecule has 1 saturated carbocycles. The molecule has 3 aromatic rings. The lowest BCUT2D eigenvalue weighted by molar-refractivity contribution is 0.600. The Hall–Kier alpha value is -3.00. The number of aromatic nitrogens is 3. The number of rotatable bonds is 9. The summed E-state index contributed by atoms with van der Waals surface area (Å²) in [6, 6.07) is 10.4. The van der Waals surface area contributed by atoms with E-state index in [0.717, 1.165) is 35.6 Å². The van der Waals surface area contributed by atoms with E-state index in [-0.39, 0.29) is 0 Å². The van der Waals surface area contributed by atoms with Crippen molar-refractivity contribution in [3.05, 3.63) is 41.6 Å². The van der Waals surface area contributed by atoms with Gasteiger partial charge in [0, 0.05) is 49.2 Å². The summed E-state index contributed by atoms with van der Waals surface area (Å²) in [7, 11) is 1.98. The number of likely N-dealkylation sites (N-methyl/N-ethyl adjacent to an activating group) is 1. The second-order valence-corrected chi connectivity index (χ2v) is 9.18. The molecule has 2 aromatic heterocycles. The van der Waals surface area contributed by atoms with Crippen LogP contribution in [0.3, 0.4) is 0 Å². The van der Waals surface area contributed by atoms with Gasteiger partial charge in [-0.2, -0.15) is 14.9 Å². The summed E-state index contributed by atoms with van der Waals surface area (Å²) in [4.78, 5) is 6.68. The molecular formula is C21H26N8OS. The summed E-state index contributed by atoms with van der Waals surface area (Å²) < 4.78 is 13.6. The SMILES string of the molecule is CN(CCN)c1ccc(Nc2cc(NC3CC3)n3ncc(C#N)c3n2)cc1C[S+](C)[O-]. The quantitative estimate of drug-likeness (QED) is 0.433. The zero-order valence-corrected chi connectivity index (χ0v) is 18.4. The predicted octanol–water partition coefficient (Wildman–Crippen LogP) is 2.19. The molecule has 4 rings (SSSR count). The van der Waals surface area contributed by atoms with Crippen LogP contribution < -0.4 is 21.3 Å². The van der Waals surface area contributed by atoms with Gasteiger partial charge in [-0.05, 0) is 31.0 Å². The van der Waals surface area contributed by atoms with Crippen molar-refractivity contribution in [3.63, 3.8) is 0 Å². The first-order valence-electron chi connectivity index (χ1n) is 10.1. The molecule has 0 radical (unpaired) electrons. The lowest BCUT2D eigenvalue weighted by Crippen LogP contribution is -2.26. The van der Waals surface area contributed by atoms with Gasteiger partial charge in [0.1, 0.15) is 29.0 Å².